The Morgan fingerprint density at radius 1 is 1.06 bits per heavy atom. The van der Waals surface area contributed by atoms with Gasteiger partial charge in [0.2, 0.25) is 11.1 Å². The SMILES string of the molecule is Cc1cc(=O)c(C(=O)OCc2cc(=O)n3ccccc3n2)nn1-c1cccc(C(F)(F)F)c1. The van der Waals surface area contributed by atoms with E-state index in [0.29, 0.717) is 5.65 Å². The zero-order valence-corrected chi connectivity index (χ0v) is 17.0. The Morgan fingerprint density at radius 2 is 1.85 bits per heavy atom. The number of halogens is 3. The normalized spacial score (nSPS) is 11.5. The standard InChI is InChI=1S/C22H15F3N4O4/c1-13-9-17(30)20(27-29(13)16-6-4-5-14(10-16)22(23,24)25)21(32)33-12-15-11-19(31)28-8-3-2-7-18(28)26-15/h2-11H,12H2,1H3. The number of fused-ring (bicyclic) bond motifs is 1. The van der Waals surface area contributed by atoms with Gasteiger partial charge >= 0.3 is 12.1 Å². The highest BCUT2D eigenvalue weighted by molar-refractivity contribution is 5.86. The maximum atomic E-state index is 13.1. The highest BCUT2D eigenvalue weighted by Crippen LogP contribution is 2.30. The number of rotatable bonds is 4. The molecule has 8 nitrogen and oxygen atoms in total. The molecule has 4 aromatic rings. The maximum Gasteiger partial charge on any atom is 0.416 e. The van der Waals surface area contributed by atoms with Gasteiger partial charge in [0.25, 0.3) is 5.56 Å². The van der Waals surface area contributed by atoms with Crippen LogP contribution >= 0.6 is 0 Å². The third kappa shape index (κ3) is 4.52. The summed E-state index contributed by atoms with van der Waals surface area (Å²) in [4.78, 5) is 41.2. The predicted octanol–water partition coefficient (Wildman–Crippen LogP) is 2.92. The van der Waals surface area contributed by atoms with E-state index in [1.807, 2.05) is 0 Å². The van der Waals surface area contributed by atoms with E-state index < -0.39 is 35.4 Å². The first kappa shape index (κ1) is 21.9. The van der Waals surface area contributed by atoms with Gasteiger partial charge in [-0.05, 0) is 37.3 Å². The number of benzene rings is 1. The van der Waals surface area contributed by atoms with E-state index >= 15 is 0 Å². The summed E-state index contributed by atoms with van der Waals surface area (Å²) >= 11 is 0. The van der Waals surface area contributed by atoms with Crippen LogP contribution in [0.25, 0.3) is 11.3 Å². The van der Waals surface area contributed by atoms with Gasteiger partial charge < -0.3 is 4.74 Å². The van der Waals surface area contributed by atoms with Crippen LogP contribution in [0.4, 0.5) is 13.2 Å². The number of hydrogen-bond acceptors (Lipinski definition) is 6. The van der Waals surface area contributed by atoms with Crippen molar-refractivity contribution in [2.75, 3.05) is 0 Å². The van der Waals surface area contributed by atoms with Gasteiger partial charge in [0, 0.05) is 24.0 Å². The van der Waals surface area contributed by atoms with Crippen molar-refractivity contribution in [3.05, 3.63) is 104 Å². The Kier molecular flexibility index (Phi) is 5.54. The number of hydrogen-bond donors (Lipinski definition) is 0. The number of carbonyl (C=O) groups excluding carboxylic acids is 1. The van der Waals surface area contributed by atoms with Gasteiger partial charge in [0.05, 0.1) is 16.9 Å². The summed E-state index contributed by atoms with van der Waals surface area (Å²) in [5.41, 5.74) is -1.92. The highest BCUT2D eigenvalue weighted by Gasteiger charge is 2.30. The highest BCUT2D eigenvalue weighted by atomic mass is 19.4. The van der Waals surface area contributed by atoms with Gasteiger partial charge in [-0.1, -0.05) is 12.1 Å². The summed E-state index contributed by atoms with van der Waals surface area (Å²) in [6, 6.07) is 11.5. The molecule has 11 heteroatoms. The van der Waals surface area contributed by atoms with E-state index in [0.717, 1.165) is 22.9 Å². The van der Waals surface area contributed by atoms with E-state index in [1.54, 1.807) is 18.2 Å². The van der Waals surface area contributed by atoms with Crippen LogP contribution in [0.1, 0.15) is 27.4 Å². The zero-order chi connectivity index (χ0) is 23.8. The Bertz CT molecular complexity index is 1490. The zero-order valence-electron chi connectivity index (χ0n) is 17.0. The average Bonchev–Trinajstić information content (AvgIpc) is 2.77. The molecule has 0 unspecified atom stereocenters. The Hall–Kier alpha value is -4.28. The number of pyridine rings is 1. The van der Waals surface area contributed by atoms with Crippen LogP contribution in [0.5, 0.6) is 0 Å². The fraction of sp³-hybridized carbons (Fsp3) is 0.136. The second-order valence-corrected chi connectivity index (χ2v) is 7.05. The number of aromatic nitrogens is 4. The number of ether oxygens (including phenoxy) is 1. The smallest absolute Gasteiger partial charge is 0.416 e. The Balaban J connectivity index is 1.63. The number of carbonyl (C=O) groups is 1. The minimum Gasteiger partial charge on any atom is -0.454 e. The Morgan fingerprint density at radius 3 is 2.61 bits per heavy atom. The average molecular weight is 456 g/mol. The molecule has 0 saturated carbocycles. The minimum atomic E-state index is -4.57. The van der Waals surface area contributed by atoms with E-state index in [-0.39, 0.29) is 22.6 Å². The Labute approximate surface area is 183 Å². The van der Waals surface area contributed by atoms with Crippen molar-refractivity contribution < 1.29 is 22.7 Å². The van der Waals surface area contributed by atoms with E-state index in [2.05, 4.69) is 10.1 Å². The summed E-state index contributed by atoms with van der Waals surface area (Å²) in [6.07, 6.45) is -3.04. The van der Waals surface area contributed by atoms with Gasteiger partial charge in [-0.2, -0.15) is 18.3 Å². The molecule has 0 radical (unpaired) electrons. The van der Waals surface area contributed by atoms with E-state index in [4.69, 9.17) is 4.74 Å². The molecular weight excluding hydrogens is 441 g/mol. The van der Waals surface area contributed by atoms with Crippen LogP contribution in [-0.2, 0) is 17.5 Å². The molecule has 168 valence electrons. The number of esters is 1. The lowest BCUT2D eigenvalue weighted by Gasteiger charge is -2.13. The number of nitrogens with zero attached hydrogens (tertiary/aromatic N) is 4. The van der Waals surface area contributed by atoms with Crippen LogP contribution < -0.4 is 11.0 Å². The van der Waals surface area contributed by atoms with Gasteiger partial charge in [-0.15, -0.1) is 0 Å². The molecule has 0 aliphatic heterocycles. The minimum absolute atomic E-state index is 0.0144. The summed E-state index contributed by atoms with van der Waals surface area (Å²) in [5.74, 6) is -1.10. The molecule has 0 fully saturated rings. The molecular formula is C22H15F3N4O4. The monoisotopic (exact) mass is 456 g/mol. The van der Waals surface area contributed by atoms with Crippen molar-refractivity contribution >= 4 is 11.6 Å². The second kappa shape index (κ2) is 8.34. The topological polar surface area (TPSA) is 95.6 Å². The summed E-state index contributed by atoms with van der Waals surface area (Å²) < 4.78 is 46.6. The fourth-order valence-electron chi connectivity index (χ4n) is 3.15. The van der Waals surface area contributed by atoms with Gasteiger partial charge in [-0.25, -0.2) is 14.5 Å². The third-order valence-corrected chi connectivity index (χ3v) is 4.69. The quantitative estimate of drug-likeness (QED) is 0.438. The lowest BCUT2D eigenvalue weighted by molar-refractivity contribution is -0.137. The lowest BCUT2D eigenvalue weighted by Crippen LogP contribution is -2.24. The van der Waals surface area contributed by atoms with E-state index in [9.17, 15) is 27.6 Å². The van der Waals surface area contributed by atoms with Gasteiger partial charge in [-0.3, -0.25) is 14.0 Å². The van der Waals surface area contributed by atoms with E-state index in [1.165, 1.54) is 35.7 Å². The van der Waals surface area contributed by atoms with Crippen LogP contribution in [0.2, 0.25) is 0 Å². The van der Waals surface area contributed by atoms with Crippen molar-refractivity contribution in [2.45, 2.75) is 19.7 Å². The summed E-state index contributed by atoms with van der Waals surface area (Å²) in [7, 11) is 0. The number of aryl methyl sites for hydroxylation is 1. The first-order valence-electron chi connectivity index (χ1n) is 9.56. The molecule has 33 heavy (non-hydrogen) atoms. The van der Waals surface area contributed by atoms with Crippen molar-refractivity contribution in [3.8, 4) is 5.69 Å². The molecule has 3 aromatic heterocycles. The molecule has 0 bridgehead atoms. The third-order valence-electron chi connectivity index (χ3n) is 4.69. The molecule has 0 spiro atoms. The van der Waals surface area contributed by atoms with Crippen LogP contribution in [0.3, 0.4) is 0 Å². The van der Waals surface area contributed by atoms with Gasteiger partial charge in [0.15, 0.2) is 0 Å². The van der Waals surface area contributed by atoms with Gasteiger partial charge in [0.1, 0.15) is 12.3 Å². The molecule has 4 rings (SSSR count). The predicted molar refractivity (Wildman–Crippen MR) is 110 cm³/mol. The lowest BCUT2D eigenvalue weighted by atomic mass is 10.2. The molecule has 0 amide bonds. The summed E-state index contributed by atoms with van der Waals surface area (Å²) in [6.45, 7) is 1.06. The largest absolute Gasteiger partial charge is 0.454 e. The molecule has 3 heterocycles. The molecule has 0 aliphatic rings. The maximum absolute atomic E-state index is 13.1. The van der Waals surface area contributed by atoms with Crippen LogP contribution in [0, 0.1) is 6.92 Å². The first-order valence-corrected chi connectivity index (χ1v) is 9.56. The molecule has 0 N–H and O–H groups in total. The molecule has 0 aliphatic carbocycles. The number of alkyl halides is 3. The van der Waals surface area contributed by atoms with Crippen molar-refractivity contribution in [3.63, 3.8) is 0 Å². The van der Waals surface area contributed by atoms with Crippen molar-refractivity contribution in [1.29, 1.82) is 0 Å². The van der Waals surface area contributed by atoms with Crippen LogP contribution in [0.15, 0.2) is 70.4 Å². The van der Waals surface area contributed by atoms with Crippen LogP contribution in [-0.4, -0.2) is 25.1 Å². The fourth-order valence-corrected chi connectivity index (χ4v) is 3.15. The van der Waals surface area contributed by atoms with Crippen molar-refractivity contribution in [2.24, 2.45) is 0 Å². The molecule has 0 saturated heterocycles. The molecule has 1 aromatic carbocycles. The van der Waals surface area contributed by atoms with Crippen molar-refractivity contribution in [1.82, 2.24) is 19.2 Å². The summed E-state index contributed by atoms with van der Waals surface area (Å²) in [5, 5.41) is 3.92. The second-order valence-electron chi connectivity index (χ2n) is 7.05. The molecule has 0 atom stereocenters. The first-order chi connectivity index (χ1) is 15.6.